The average Bonchev–Trinajstić information content (AvgIpc) is 3.19. The van der Waals surface area contributed by atoms with Crippen LogP contribution in [0.25, 0.3) is 21.9 Å². The number of hydrazone groups is 1. The number of benzene rings is 3. The smallest absolute Gasteiger partial charge is 0.329 e. The molecule has 9 nitrogen and oxygen atoms in total. The first kappa shape index (κ1) is 23.5. The Bertz CT molecular complexity index is 1470. The highest BCUT2D eigenvalue weighted by molar-refractivity contribution is 6.39. The van der Waals surface area contributed by atoms with Crippen molar-refractivity contribution in [3.8, 4) is 5.75 Å². The number of furan rings is 1. The van der Waals surface area contributed by atoms with E-state index in [0.717, 1.165) is 21.9 Å². The Morgan fingerprint density at radius 3 is 2.49 bits per heavy atom. The molecular weight excluding hydrogens is 448 g/mol. The van der Waals surface area contributed by atoms with Crippen LogP contribution >= 0.6 is 0 Å². The van der Waals surface area contributed by atoms with E-state index in [1.807, 2.05) is 43.3 Å². The van der Waals surface area contributed by atoms with Crippen LogP contribution in [0.3, 0.4) is 0 Å². The van der Waals surface area contributed by atoms with Gasteiger partial charge >= 0.3 is 11.8 Å². The number of rotatable bonds is 6. The molecular formula is C26H24N4O5. The van der Waals surface area contributed by atoms with Crippen LogP contribution in [0.4, 0.5) is 11.4 Å². The number of aryl methyl sites for hydroxylation is 1. The summed E-state index contributed by atoms with van der Waals surface area (Å²) in [6, 6.07) is 18.2. The second kappa shape index (κ2) is 10.1. The number of amides is 3. The summed E-state index contributed by atoms with van der Waals surface area (Å²) < 4.78 is 11.3. The summed E-state index contributed by atoms with van der Waals surface area (Å²) in [5.41, 5.74) is 5.71. The lowest BCUT2D eigenvalue weighted by Crippen LogP contribution is -2.33. The molecule has 1 heterocycles. The highest BCUT2D eigenvalue weighted by atomic mass is 16.5. The van der Waals surface area contributed by atoms with Gasteiger partial charge in [-0.1, -0.05) is 30.3 Å². The van der Waals surface area contributed by atoms with Crippen LogP contribution in [0.15, 0.2) is 70.2 Å². The van der Waals surface area contributed by atoms with Crippen molar-refractivity contribution >= 4 is 56.7 Å². The molecule has 35 heavy (non-hydrogen) atoms. The molecule has 0 aliphatic rings. The van der Waals surface area contributed by atoms with E-state index in [1.54, 1.807) is 31.2 Å². The van der Waals surface area contributed by atoms with Gasteiger partial charge in [0.05, 0.1) is 19.2 Å². The van der Waals surface area contributed by atoms with Crippen molar-refractivity contribution in [2.75, 3.05) is 17.7 Å². The Kier molecular flexibility index (Phi) is 6.77. The first-order valence-corrected chi connectivity index (χ1v) is 10.8. The van der Waals surface area contributed by atoms with E-state index in [2.05, 4.69) is 21.2 Å². The van der Waals surface area contributed by atoms with E-state index in [0.29, 0.717) is 28.4 Å². The summed E-state index contributed by atoms with van der Waals surface area (Å²) in [5, 5.41) is 11.0. The minimum atomic E-state index is -0.941. The van der Waals surface area contributed by atoms with Crippen molar-refractivity contribution in [1.29, 1.82) is 0 Å². The molecule has 9 heteroatoms. The fourth-order valence-corrected chi connectivity index (χ4v) is 3.59. The molecule has 0 saturated carbocycles. The zero-order chi connectivity index (χ0) is 24.9. The van der Waals surface area contributed by atoms with Crippen LogP contribution in [0, 0.1) is 6.92 Å². The number of anilines is 2. The molecule has 0 bridgehead atoms. The molecule has 0 atom stereocenters. The molecule has 0 unspecified atom stereocenters. The number of nitrogens with one attached hydrogen (secondary N) is 3. The molecule has 4 rings (SSSR count). The van der Waals surface area contributed by atoms with Crippen LogP contribution in [-0.4, -0.2) is 30.5 Å². The van der Waals surface area contributed by atoms with Crippen molar-refractivity contribution in [1.82, 2.24) is 5.43 Å². The van der Waals surface area contributed by atoms with Crippen molar-refractivity contribution in [2.24, 2.45) is 5.10 Å². The second-order valence-electron chi connectivity index (χ2n) is 7.98. The van der Waals surface area contributed by atoms with Gasteiger partial charge in [-0.15, -0.1) is 0 Å². The fraction of sp³-hybridized carbons (Fsp3) is 0.154. The third-order valence-corrected chi connectivity index (χ3v) is 5.22. The van der Waals surface area contributed by atoms with Crippen molar-refractivity contribution in [3.05, 3.63) is 66.2 Å². The first-order chi connectivity index (χ1) is 16.8. The Morgan fingerprint density at radius 1 is 0.914 bits per heavy atom. The van der Waals surface area contributed by atoms with Gasteiger partial charge in [-0.3, -0.25) is 14.4 Å². The molecule has 178 valence electrons. The van der Waals surface area contributed by atoms with Crippen LogP contribution in [0.5, 0.6) is 5.75 Å². The number of ether oxygens (including phenoxy) is 1. The zero-order valence-corrected chi connectivity index (χ0v) is 19.5. The van der Waals surface area contributed by atoms with Crippen LogP contribution in [0.1, 0.15) is 18.9 Å². The van der Waals surface area contributed by atoms with Gasteiger partial charge in [0.15, 0.2) is 0 Å². The molecule has 0 radical (unpaired) electrons. The number of hydrogen-bond donors (Lipinski definition) is 3. The van der Waals surface area contributed by atoms with E-state index in [9.17, 15) is 14.4 Å². The van der Waals surface area contributed by atoms with E-state index >= 15 is 0 Å². The Labute approximate surface area is 201 Å². The maximum absolute atomic E-state index is 12.6. The standard InChI is InChI=1S/C26H24N4O5/c1-15-7-6-8-17(11-15)27-25(32)26(33)30-29-16(2)12-24(31)28-20-14-22-19(13-23(20)34-3)18-9-4-5-10-21(18)35-22/h4-11,13-14H,12H2,1-3H3,(H,27,32)(H,28,31)(H,30,33)/b29-16-. The number of nitrogens with zero attached hydrogens (tertiary/aromatic N) is 1. The van der Waals surface area contributed by atoms with Gasteiger partial charge in [0.2, 0.25) is 5.91 Å². The minimum Gasteiger partial charge on any atom is -0.495 e. The Balaban J connectivity index is 1.39. The van der Waals surface area contributed by atoms with Crippen LogP contribution in [0.2, 0.25) is 0 Å². The van der Waals surface area contributed by atoms with Gasteiger partial charge < -0.3 is 19.8 Å². The van der Waals surface area contributed by atoms with Crippen molar-refractivity contribution < 1.29 is 23.5 Å². The normalized spacial score (nSPS) is 11.3. The van der Waals surface area contributed by atoms with Gasteiger partial charge in [0.25, 0.3) is 0 Å². The van der Waals surface area contributed by atoms with Gasteiger partial charge in [0, 0.05) is 28.2 Å². The fourth-order valence-electron chi connectivity index (χ4n) is 3.59. The summed E-state index contributed by atoms with van der Waals surface area (Å²) in [4.78, 5) is 36.7. The van der Waals surface area contributed by atoms with Crippen molar-refractivity contribution in [2.45, 2.75) is 20.3 Å². The number of carbonyl (C=O) groups is 3. The lowest BCUT2D eigenvalue weighted by atomic mass is 10.1. The lowest BCUT2D eigenvalue weighted by molar-refractivity contribution is -0.136. The predicted molar refractivity (Wildman–Crippen MR) is 135 cm³/mol. The molecule has 1 aromatic heterocycles. The molecule has 3 aromatic carbocycles. The lowest BCUT2D eigenvalue weighted by Gasteiger charge is -2.10. The monoisotopic (exact) mass is 472 g/mol. The Hall–Kier alpha value is -4.66. The van der Waals surface area contributed by atoms with E-state index in [-0.39, 0.29) is 12.3 Å². The highest BCUT2D eigenvalue weighted by Gasteiger charge is 2.16. The van der Waals surface area contributed by atoms with Crippen LogP contribution < -0.4 is 20.8 Å². The third-order valence-electron chi connectivity index (χ3n) is 5.22. The molecule has 0 aliphatic heterocycles. The maximum Gasteiger partial charge on any atom is 0.329 e. The first-order valence-electron chi connectivity index (χ1n) is 10.8. The topological polar surface area (TPSA) is 122 Å². The highest BCUT2D eigenvalue weighted by Crippen LogP contribution is 2.36. The second-order valence-corrected chi connectivity index (χ2v) is 7.98. The van der Waals surface area contributed by atoms with E-state index in [4.69, 9.17) is 9.15 Å². The number of hydrogen-bond acceptors (Lipinski definition) is 6. The summed E-state index contributed by atoms with van der Waals surface area (Å²) in [6.45, 7) is 3.44. The average molecular weight is 473 g/mol. The summed E-state index contributed by atoms with van der Waals surface area (Å²) >= 11 is 0. The maximum atomic E-state index is 12.6. The predicted octanol–water partition coefficient (Wildman–Crippen LogP) is 4.36. The molecule has 0 saturated heterocycles. The number of para-hydroxylation sites is 1. The quantitative estimate of drug-likeness (QED) is 0.219. The minimum absolute atomic E-state index is 0.110. The third kappa shape index (κ3) is 5.47. The van der Waals surface area contributed by atoms with Gasteiger partial charge in [-0.25, -0.2) is 5.43 Å². The van der Waals surface area contributed by atoms with E-state index < -0.39 is 11.8 Å². The SMILES string of the molecule is COc1cc2c(cc1NC(=O)C/C(C)=N\NC(=O)C(=O)Nc1cccc(C)c1)oc1ccccc12. The molecule has 3 N–H and O–H groups in total. The summed E-state index contributed by atoms with van der Waals surface area (Å²) in [7, 11) is 1.52. The number of methoxy groups -OCH3 is 1. The van der Waals surface area contributed by atoms with Gasteiger partial charge in [0.1, 0.15) is 16.9 Å². The number of fused-ring (bicyclic) bond motifs is 3. The molecule has 0 aliphatic carbocycles. The van der Waals surface area contributed by atoms with Gasteiger partial charge in [-0.2, -0.15) is 5.10 Å². The summed E-state index contributed by atoms with van der Waals surface area (Å²) in [6.07, 6.45) is -0.110. The molecule has 3 amide bonds. The summed E-state index contributed by atoms with van der Waals surface area (Å²) in [5.74, 6) is -1.70. The number of carbonyl (C=O) groups excluding carboxylic acids is 3. The molecule has 4 aromatic rings. The Morgan fingerprint density at radius 2 is 1.71 bits per heavy atom. The zero-order valence-electron chi connectivity index (χ0n) is 19.5. The van der Waals surface area contributed by atoms with Crippen molar-refractivity contribution in [3.63, 3.8) is 0 Å². The molecule has 0 spiro atoms. The van der Waals surface area contributed by atoms with Gasteiger partial charge in [-0.05, 0) is 43.7 Å². The van der Waals surface area contributed by atoms with E-state index in [1.165, 1.54) is 7.11 Å². The van der Waals surface area contributed by atoms with Crippen LogP contribution in [-0.2, 0) is 14.4 Å². The molecule has 0 fully saturated rings. The largest absolute Gasteiger partial charge is 0.495 e.